The molecular weight excluding hydrogens is 354 g/mol. The number of H-pyrrole nitrogens is 1. The molecule has 1 saturated heterocycles. The Hall–Kier alpha value is -3.22. The van der Waals surface area contributed by atoms with Gasteiger partial charge in [0.15, 0.2) is 0 Å². The summed E-state index contributed by atoms with van der Waals surface area (Å²) in [7, 11) is 0. The standard InChI is InChI=1S/C21H23N5O2/c1-15-4-2-5-17(12-15)18-13-23-24-20(18)16-6-10-25(11-7-16)19(27)14-26-9-3-8-22-21(26)28/h2-5,8-9,12-13,16H,6-7,10-11,14H2,1H3,(H,23,24). The number of piperidine rings is 1. The number of amides is 1. The highest BCUT2D eigenvalue weighted by atomic mass is 16.2. The van der Waals surface area contributed by atoms with Crippen LogP contribution in [0.5, 0.6) is 0 Å². The van der Waals surface area contributed by atoms with Gasteiger partial charge in [-0.15, -0.1) is 0 Å². The Labute approximate surface area is 163 Å². The molecular formula is C21H23N5O2. The van der Waals surface area contributed by atoms with Gasteiger partial charge in [-0.05, 0) is 31.4 Å². The zero-order valence-corrected chi connectivity index (χ0v) is 15.8. The van der Waals surface area contributed by atoms with Crippen molar-refractivity contribution in [3.05, 3.63) is 70.7 Å². The number of hydrogen-bond donors (Lipinski definition) is 1. The maximum absolute atomic E-state index is 12.6. The Morgan fingerprint density at radius 1 is 1.25 bits per heavy atom. The first kappa shape index (κ1) is 18.2. The van der Waals surface area contributed by atoms with E-state index in [1.165, 1.54) is 21.9 Å². The van der Waals surface area contributed by atoms with Crippen LogP contribution >= 0.6 is 0 Å². The molecule has 0 bridgehead atoms. The van der Waals surface area contributed by atoms with E-state index in [1.54, 1.807) is 12.3 Å². The first-order valence-corrected chi connectivity index (χ1v) is 9.51. The van der Waals surface area contributed by atoms with Crippen LogP contribution < -0.4 is 5.69 Å². The van der Waals surface area contributed by atoms with Crippen LogP contribution in [0.1, 0.15) is 30.0 Å². The van der Waals surface area contributed by atoms with E-state index in [4.69, 9.17) is 0 Å². The topological polar surface area (TPSA) is 83.9 Å². The fourth-order valence-corrected chi connectivity index (χ4v) is 3.82. The van der Waals surface area contributed by atoms with Gasteiger partial charge >= 0.3 is 5.69 Å². The maximum Gasteiger partial charge on any atom is 0.347 e. The number of benzene rings is 1. The average Bonchev–Trinajstić information content (AvgIpc) is 3.20. The summed E-state index contributed by atoms with van der Waals surface area (Å²) in [6.07, 6.45) is 6.66. The highest BCUT2D eigenvalue weighted by Gasteiger charge is 2.26. The highest BCUT2D eigenvalue weighted by molar-refractivity contribution is 5.76. The van der Waals surface area contributed by atoms with Gasteiger partial charge in [0.25, 0.3) is 0 Å². The molecule has 0 unspecified atom stereocenters. The smallest absolute Gasteiger partial charge is 0.341 e. The lowest BCUT2D eigenvalue weighted by molar-refractivity contribution is -0.133. The Morgan fingerprint density at radius 3 is 2.82 bits per heavy atom. The molecule has 1 N–H and O–H groups in total. The van der Waals surface area contributed by atoms with Gasteiger partial charge in [0.05, 0.1) is 6.20 Å². The summed E-state index contributed by atoms with van der Waals surface area (Å²) in [6.45, 7) is 3.46. The summed E-state index contributed by atoms with van der Waals surface area (Å²) in [4.78, 5) is 29.8. The van der Waals surface area contributed by atoms with E-state index in [0.29, 0.717) is 19.0 Å². The number of rotatable bonds is 4. The van der Waals surface area contributed by atoms with Gasteiger partial charge in [0.2, 0.25) is 5.91 Å². The van der Waals surface area contributed by atoms with Crippen LogP contribution in [0.25, 0.3) is 11.1 Å². The molecule has 0 radical (unpaired) electrons. The molecule has 1 fully saturated rings. The van der Waals surface area contributed by atoms with Gasteiger partial charge in [-0.1, -0.05) is 29.8 Å². The summed E-state index contributed by atoms with van der Waals surface area (Å²) >= 11 is 0. The van der Waals surface area contributed by atoms with Crippen molar-refractivity contribution >= 4 is 5.91 Å². The van der Waals surface area contributed by atoms with Crippen LogP contribution in [0.15, 0.2) is 53.7 Å². The molecule has 0 spiro atoms. The van der Waals surface area contributed by atoms with Gasteiger partial charge in [-0.25, -0.2) is 9.78 Å². The second kappa shape index (κ2) is 7.80. The monoisotopic (exact) mass is 377 g/mol. The molecule has 7 heteroatoms. The van der Waals surface area contributed by atoms with Crippen LogP contribution in [0.3, 0.4) is 0 Å². The number of hydrogen-bond acceptors (Lipinski definition) is 4. The Balaban J connectivity index is 1.43. The van der Waals surface area contributed by atoms with Crippen molar-refractivity contribution in [1.82, 2.24) is 24.6 Å². The van der Waals surface area contributed by atoms with Crippen molar-refractivity contribution in [3.63, 3.8) is 0 Å². The largest absolute Gasteiger partial charge is 0.347 e. The lowest BCUT2D eigenvalue weighted by Gasteiger charge is -2.32. The number of nitrogens with zero attached hydrogens (tertiary/aromatic N) is 4. The van der Waals surface area contributed by atoms with Crippen LogP contribution in [0.4, 0.5) is 0 Å². The first-order valence-electron chi connectivity index (χ1n) is 9.51. The normalized spacial score (nSPS) is 15.0. The number of aromatic nitrogens is 4. The second-order valence-electron chi connectivity index (χ2n) is 7.25. The summed E-state index contributed by atoms with van der Waals surface area (Å²) in [6, 6.07) is 10.1. The van der Waals surface area contributed by atoms with E-state index in [1.807, 2.05) is 11.1 Å². The van der Waals surface area contributed by atoms with Crippen LogP contribution in [0.2, 0.25) is 0 Å². The highest BCUT2D eigenvalue weighted by Crippen LogP contribution is 2.34. The molecule has 1 aliphatic heterocycles. The number of nitrogens with one attached hydrogen (secondary N) is 1. The summed E-state index contributed by atoms with van der Waals surface area (Å²) in [5.41, 5.74) is 4.26. The lowest BCUT2D eigenvalue weighted by atomic mass is 9.89. The molecule has 28 heavy (non-hydrogen) atoms. The van der Waals surface area contributed by atoms with Crippen LogP contribution in [-0.4, -0.2) is 43.6 Å². The minimum absolute atomic E-state index is 0.0376. The average molecular weight is 377 g/mol. The molecule has 1 aromatic carbocycles. The van der Waals surface area contributed by atoms with Crippen molar-refractivity contribution in [1.29, 1.82) is 0 Å². The minimum atomic E-state index is -0.397. The lowest BCUT2D eigenvalue weighted by Crippen LogP contribution is -2.41. The number of likely N-dealkylation sites (tertiary alicyclic amines) is 1. The predicted octanol–water partition coefficient (Wildman–Crippen LogP) is 2.35. The fraction of sp³-hybridized carbons (Fsp3) is 0.333. The van der Waals surface area contributed by atoms with E-state index in [-0.39, 0.29) is 12.5 Å². The fourth-order valence-electron chi connectivity index (χ4n) is 3.82. The number of carbonyl (C=O) groups excluding carboxylic acids is 1. The molecule has 144 valence electrons. The van der Waals surface area contributed by atoms with E-state index in [9.17, 15) is 9.59 Å². The zero-order chi connectivity index (χ0) is 19.5. The van der Waals surface area contributed by atoms with E-state index >= 15 is 0 Å². The quantitative estimate of drug-likeness (QED) is 0.756. The van der Waals surface area contributed by atoms with Crippen molar-refractivity contribution in [2.24, 2.45) is 0 Å². The molecule has 1 amide bonds. The van der Waals surface area contributed by atoms with Crippen molar-refractivity contribution in [3.8, 4) is 11.1 Å². The molecule has 0 saturated carbocycles. The van der Waals surface area contributed by atoms with Gasteiger partial charge in [-0.2, -0.15) is 5.10 Å². The van der Waals surface area contributed by atoms with Crippen molar-refractivity contribution < 1.29 is 4.79 Å². The maximum atomic E-state index is 12.6. The molecule has 0 aliphatic carbocycles. The minimum Gasteiger partial charge on any atom is -0.341 e. The summed E-state index contributed by atoms with van der Waals surface area (Å²) in [5.74, 6) is 0.292. The van der Waals surface area contributed by atoms with Crippen molar-refractivity contribution in [2.75, 3.05) is 13.1 Å². The summed E-state index contributed by atoms with van der Waals surface area (Å²) in [5, 5.41) is 7.45. The van der Waals surface area contributed by atoms with Crippen LogP contribution in [0, 0.1) is 6.92 Å². The van der Waals surface area contributed by atoms with E-state index in [0.717, 1.165) is 24.1 Å². The number of aromatic amines is 1. The third kappa shape index (κ3) is 3.74. The third-order valence-corrected chi connectivity index (χ3v) is 5.34. The summed E-state index contributed by atoms with van der Waals surface area (Å²) < 4.78 is 1.35. The van der Waals surface area contributed by atoms with E-state index < -0.39 is 5.69 Å². The SMILES string of the molecule is Cc1cccc(-c2cn[nH]c2C2CCN(C(=O)Cn3cccnc3=O)CC2)c1. The van der Waals surface area contributed by atoms with E-state index in [2.05, 4.69) is 46.4 Å². The second-order valence-corrected chi connectivity index (χ2v) is 7.25. The molecule has 3 aromatic rings. The van der Waals surface area contributed by atoms with Gasteiger partial charge in [0, 0.05) is 42.7 Å². The van der Waals surface area contributed by atoms with Crippen LogP contribution in [-0.2, 0) is 11.3 Å². The molecule has 7 nitrogen and oxygen atoms in total. The van der Waals surface area contributed by atoms with Crippen molar-refractivity contribution in [2.45, 2.75) is 32.2 Å². The first-order chi connectivity index (χ1) is 13.6. The van der Waals surface area contributed by atoms with Gasteiger partial charge in [-0.3, -0.25) is 14.5 Å². The predicted molar refractivity (Wildman–Crippen MR) is 106 cm³/mol. The van der Waals surface area contributed by atoms with Gasteiger partial charge < -0.3 is 4.90 Å². The molecule has 4 rings (SSSR count). The Kier molecular flexibility index (Phi) is 5.06. The number of aryl methyl sites for hydroxylation is 1. The molecule has 3 heterocycles. The zero-order valence-electron chi connectivity index (χ0n) is 15.8. The Bertz CT molecular complexity index is 1030. The molecule has 0 atom stereocenters. The third-order valence-electron chi connectivity index (χ3n) is 5.34. The Morgan fingerprint density at radius 2 is 2.07 bits per heavy atom. The molecule has 1 aliphatic rings. The molecule has 2 aromatic heterocycles. The van der Waals surface area contributed by atoms with Gasteiger partial charge in [0.1, 0.15) is 6.54 Å². The number of carbonyl (C=O) groups is 1.